The Labute approximate surface area is 199 Å². The van der Waals surface area contributed by atoms with Gasteiger partial charge >= 0.3 is 5.97 Å². The van der Waals surface area contributed by atoms with Crippen molar-refractivity contribution in [1.82, 2.24) is 10.2 Å². The van der Waals surface area contributed by atoms with Crippen LogP contribution in [0.4, 0.5) is 0 Å². The van der Waals surface area contributed by atoms with Crippen LogP contribution in [-0.4, -0.2) is 47.3 Å². The van der Waals surface area contributed by atoms with Gasteiger partial charge in [-0.1, -0.05) is 41.6 Å². The molecule has 1 amide bonds. The molecule has 8 heteroatoms. The van der Waals surface area contributed by atoms with E-state index < -0.39 is 6.04 Å². The third-order valence-corrected chi connectivity index (χ3v) is 6.70. The monoisotopic (exact) mass is 469 g/mol. The molecule has 1 saturated heterocycles. The SMILES string of the molecule is CC1=C(C(=O)OC(C)C)C(c2cccc(C)c2)N2C(CC(=O)NCC3CCCO3)=CSC2=N1. The van der Waals surface area contributed by atoms with E-state index in [4.69, 9.17) is 14.5 Å². The predicted molar refractivity (Wildman–Crippen MR) is 129 cm³/mol. The number of rotatable bonds is 7. The summed E-state index contributed by atoms with van der Waals surface area (Å²) in [5, 5.41) is 5.72. The average molecular weight is 470 g/mol. The highest BCUT2D eigenvalue weighted by molar-refractivity contribution is 8.16. The van der Waals surface area contributed by atoms with Crippen LogP contribution in [0.25, 0.3) is 0 Å². The fraction of sp³-hybridized carbons (Fsp3) is 0.480. The number of thioether (sulfide) groups is 1. The lowest BCUT2D eigenvalue weighted by Gasteiger charge is -2.36. The molecule has 0 bridgehead atoms. The van der Waals surface area contributed by atoms with Crippen molar-refractivity contribution in [2.24, 2.45) is 4.99 Å². The molecule has 1 N–H and O–H groups in total. The molecule has 1 aromatic carbocycles. The van der Waals surface area contributed by atoms with Gasteiger partial charge in [0.25, 0.3) is 0 Å². The first-order valence-electron chi connectivity index (χ1n) is 11.4. The van der Waals surface area contributed by atoms with Crippen molar-refractivity contribution in [3.05, 3.63) is 57.8 Å². The first-order valence-corrected chi connectivity index (χ1v) is 12.3. The van der Waals surface area contributed by atoms with Crippen molar-refractivity contribution >= 4 is 28.8 Å². The molecule has 2 atom stereocenters. The zero-order chi connectivity index (χ0) is 23.5. The highest BCUT2D eigenvalue weighted by atomic mass is 32.2. The smallest absolute Gasteiger partial charge is 0.338 e. The molecule has 33 heavy (non-hydrogen) atoms. The molecule has 0 radical (unpaired) electrons. The maximum absolute atomic E-state index is 13.2. The zero-order valence-corrected chi connectivity index (χ0v) is 20.4. The molecule has 0 aromatic heterocycles. The van der Waals surface area contributed by atoms with E-state index >= 15 is 0 Å². The summed E-state index contributed by atoms with van der Waals surface area (Å²) in [6, 6.07) is 7.68. The number of hydrogen-bond donors (Lipinski definition) is 1. The number of carbonyl (C=O) groups excluding carboxylic acids is 2. The average Bonchev–Trinajstić information content (AvgIpc) is 3.41. The van der Waals surface area contributed by atoms with Crippen LogP contribution in [0.1, 0.15) is 57.2 Å². The number of hydrogen-bond acceptors (Lipinski definition) is 7. The highest BCUT2D eigenvalue weighted by Gasteiger charge is 2.41. The normalized spacial score (nSPS) is 22.3. The summed E-state index contributed by atoms with van der Waals surface area (Å²) >= 11 is 1.48. The van der Waals surface area contributed by atoms with Crippen LogP contribution in [0, 0.1) is 6.92 Å². The molecule has 3 heterocycles. The van der Waals surface area contributed by atoms with E-state index in [0.29, 0.717) is 17.8 Å². The highest BCUT2D eigenvalue weighted by Crippen LogP contribution is 2.45. The molecule has 7 nitrogen and oxygen atoms in total. The second-order valence-electron chi connectivity index (χ2n) is 8.88. The topological polar surface area (TPSA) is 80.2 Å². The molecule has 3 aliphatic heterocycles. The molecular weight excluding hydrogens is 438 g/mol. The molecular formula is C25H31N3O4S. The molecule has 0 saturated carbocycles. The van der Waals surface area contributed by atoms with Gasteiger partial charge in [-0.25, -0.2) is 9.79 Å². The van der Waals surface area contributed by atoms with E-state index in [1.807, 2.05) is 56.2 Å². The van der Waals surface area contributed by atoms with Gasteiger partial charge in [0.15, 0.2) is 5.17 Å². The number of benzene rings is 1. The standard InChI is InChI=1S/C25H31N3O4S/c1-15(2)32-24(30)22-17(4)27-25-28(23(22)18-8-5-7-16(3)11-18)19(14-33-25)12-21(29)26-13-20-9-6-10-31-20/h5,7-8,11,14-15,20,23H,6,9-10,12-13H2,1-4H3,(H,26,29). The second kappa shape index (κ2) is 10.1. The number of nitrogens with one attached hydrogen (secondary N) is 1. The summed E-state index contributed by atoms with van der Waals surface area (Å²) < 4.78 is 11.2. The lowest BCUT2D eigenvalue weighted by molar-refractivity contribution is -0.143. The van der Waals surface area contributed by atoms with Crippen molar-refractivity contribution in [3.8, 4) is 0 Å². The van der Waals surface area contributed by atoms with Gasteiger partial charge in [0, 0.05) is 18.8 Å². The van der Waals surface area contributed by atoms with Crippen LogP contribution in [-0.2, 0) is 19.1 Å². The number of amidine groups is 1. The molecule has 0 aliphatic carbocycles. The van der Waals surface area contributed by atoms with Gasteiger partial charge in [-0.2, -0.15) is 0 Å². The molecule has 2 unspecified atom stereocenters. The second-order valence-corrected chi connectivity index (χ2v) is 9.71. The summed E-state index contributed by atoms with van der Waals surface area (Å²) in [6.07, 6.45) is 2.06. The van der Waals surface area contributed by atoms with Gasteiger partial charge in [-0.15, -0.1) is 0 Å². The van der Waals surface area contributed by atoms with Gasteiger partial charge in [0.05, 0.1) is 35.9 Å². The quantitative estimate of drug-likeness (QED) is 0.603. The fourth-order valence-electron chi connectivity index (χ4n) is 4.32. The first-order chi connectivity index (χ1) is 15.8. The maximum Gasteiger partial charge on any atom is 0.338 e. The Bertz CT molecular complexity index is 1020. The number of esters is 1. The van der Waals surface area contributed by atoms with Crippen molar-refractivity contribution < 1.29 is 19.1 Å². The van der Waals surface area contributed by atoms with E-state index in [1.54, 1.807) is 0 Å². The van der Waals surface area contributed by atoms with Crippen LogP contribution < -0.4 is 5.32 Å². The summed E-state index contributed by atoms with van der Waals surface area (Å²) in [5.41, 5.74) is 4.02. The van der Waals surface area contributed by atoms with Gasteiger partial charge in [-0.05, 0) is 51.5 Å². The largest absolute Gasteiger partial charge is 0.459 e. The summed E-state index contributed by atoms with van der Waals surface area (Å²) in [6.45, 7) is 8.82. The molecule has 1 aromatic rings. The van der Waals surface area contributed by atoms with E-state index in [0.717, 1.165) is 41.4 Å². The van der Waals surface area contributed by atoms with Crippen molar-refractivity contribution in [1.29, 1.82) is 0 Å². The van der Waals surface area contributed by atoms with Crippen molar-refractivity contribution in [2.45, 2.75) is 65.2 Å². The van der Waals surface area contributed by atoms with Gasteiger partial charge in [-0.3, -0.25) is 4.79 Å². The minimum Gasteiger partial charge on any atom is -0.459 e. The number of allylic oxidation sites excluding steroid dienone is 1. The van der Waals surface area contributed by atoms with Gasteiger partial charge in [0.1, 0.15) is 0 Å². The number of ether oxygens (including phenoxy) is 2. The number of fused-ring (bicyclic) bond motifs is 1. The Morgan fingerprint density at radius 1 is 1.33 bits per heavy atom. The van der Waals surface area contributed by atoms with Crippen LogP contribution in [0.15, 0.2) is 51.6 Å². The number of amides is 1. The first kappa shape index (κ1) is 23.6. The number of nitrogens with zero attached hydrogens (tertiary/aromatic N) is 2. The fourth-order valence-corrected chi connectivity index (χ4v) is 5.29. The predicted octanol–water partition coefficient (Wildman–Crippen LogP) is 4.21. The molecule has 176 valence electrons. The van der Waals surface area contributed by atoms with Crippen LogP contribution in [0.5, 0.6) is 0 Å². The third-order valence-electron chi connectivity index (χ3n) is 5.81. The van der Waals surface area contributed by atoms with Gasteiger partial charge < -0.3 is 19.7 Å². The minimum atomic E-state index is -0.407. The van der Waals surface area contributed by atoms with Crippen LogP contribution in [0.3, 0.4) is 0 Å². The Balaban J connectivity index is 1.61. The number of aryl methyl sites for hydroxylation is 1. The molecule has 1 fully saturated rings. The summed E-state index contributed by atoms with van der Waals surface area (Å²) in [7, 11) is 0. The lowest BCUT2D eigenvalue weighted by Crippen LogP contribution is -2.39. The zero-order valence-electron chi connectivity index (χ0n) is 19.6. The van der Waals surface area contributed by atoms with E-state index in [1.165, 1.54) is 11.8 Å². The van der Waals surface area contributed by atoms with E-state index in [9.17, 15) is 9.59 Å². The van der Waals surface area contributed by atoms with Crippen molar-refractivity contribution in [3.63, 3.8) is 0 Å². The van der Waals surface area contributed by atoms with Gasteiger partial charge in [0.2, 0.25) is 5.91 Å². The van der Waals surface area contributed by atoms with Crippen molar-refractivity contribution in [2.75, 3.05) is 13.2 Å². The molecule has 3 aliphatic rings. The summed E-state index contributed by atoms with van der Waals surface area (Å²) in [5.74, 6) is -0.449. The minimum absolute atomic E-state index is 0.0702. The Morgan fingerprint density at radius 3 is 2.85 bits per heavy atom. The molecule has 4 rings (SSSR count). The Morgan fingerprint density at radius 2 is 2.15 bits per heavy atom. The Hall–Kier alpha value is -2.58. The van der Waals surface area contributed by atoms with E-state index in [2.05, 4.69) is 11.4 Å². The maximum atomic E-state index is 13.2. The van der Waals surface area contributed by atoms with E-state index in [-0.39, 0.29) is 30.5 Å². The van der Waals surface area contributed by atoms with Crippen LogP contribution in [0.2, 0.25) is 0 Å². The number of aliphatic imine (C=N–C) groups is 1. The Kier molecular flexibility index (Phi) is 7.24. The lowest BCUT2D eigenvalue weighted by atomic mass is 9.93. The van der Waals surface area contributed by atoms with Crippen LogP contribution >= 0.6 is 11.8 Å². The number of carbonyl (C=O) groups is 2. The third kappa shape index (κ3) is 5.33. The molecule has 0 spiro atoms. The summed E-state index contributed by atoms with van der Waals surface area (Å²) in [4.78, 5) is 32.6.